The molecule has 2 aliphatic heterocycles. The van der Waals surface area contributed by atoms with Crippen LogP contribution in [-0.2, 0) is 9.84 Å². The lowest BCUT2D eigenvalue weighted by Crippen LogP contribution is -2.41. The second-order valence-electron chi connectivity index (χ2n) is 5.08. The van der Waals surface area contributed by atoms with Crippen LogP contribution in [0.2, 0.25) is 0 Å². The molecule has 2 rings (SSSR count). The summed E-state index contributed by atoms with van der Waals surface area (Å²) in [5.74, 6) is 1.17. The summed E-state index contributed by atoms with van der Waals surface area (Å²) in [6.07, 6.45) is 1.43. The maximum absolute atomic E-state index is 11.3. The van der Waals surface area contributed by atoms with Gasteiger partial charge >= 0.3 is 0 Å². The Kier molecular flexibility index (Phi) is 2.81. The van der Waals surface area contributed by atoms with E-state index in [1.54, 1.807) is 0 Å². The molecule has 0 saturated carbocycles. The van der Waals surface area contributed by atoms with E-state index < -0.39 is 15.4 Å². The SMILES string of the molecule is CC1(O)CNCC1C1CCS(=O)(=O)CC1. The van der Waals surface area contributed by atoms with Crippen LogP contribution >= 0.6 is 0 Å². The Labute approximate surface area is 91.0 Å². The summed E-state index contributed by atoms with van der Waals surface area (Å²) in [5.41, 5.74) is -0.661. The highest BCUT2D eigenvalue weighted by Crippen LogP contribution is 2.35. The smallest absolute Gasteiger partial charge is 0.150 e. The third kappa shape index (κ3) is 2.34. The second kappa shape index (κ2) is 3.71. The van der Waals surface area contributed by atoms with E-state index in [0.717, 1.165) is 6.54 Å². The van der Waals surface area contributed by atoms with Crippen LogP contribution in [0.25, 0.3) is 0 Å². The summed E-state index contributed by atoms with van der Waals surface area (Å²) >= 11 is 0. The fourth-order valence-corrected chi connectivity index (χ4v) is 4.34. The highest BCUT2D eigenvalue weighted by Gasteiger charge is 2.43. The summed E-state index contributed by atoms with van der Waals surface area (Å²) < 4.78 is 22.6. The topological polar surface area (TPSA) is 66.4 Å². The van der Waals surface area contributed by atoms with Crippen molar-refractivity contribution >= 4 is 9.84 Å². The third-order valence-corrected chi connectivity index (χ3v) is 5.53. The molecule has 0 amide bonds. The maximum atomic E-state index is 11.3. The molecule has 2 heterocycles. The van der Waals surface area contributed by atoms with Gasteiger partial charge in [-0.25, -0.2) is 8.42 Å². The van der Waals surface area contributed by atoms with Crippen molar-refractivity contribution in [1.82, 2.24) is 5.32 Å². The van der Waals surface area contributed by atoms with E-state index in [1.807, 2.05) is 6.92 Å². The van der Waals surface area contributed by atoms with Crippen LogP contribution < -0.4 is 5.32 Å². The Bertz CT molecular complexity index is 323. The normalized spacial score (nSPS) is 41.9. The molecule has 2 fully saturated rings. The first-order valence-corrected chi connectivity index (χ1v) is 7.36. The van der Waals surface area contributed by atoms with Crippen molar-refractivity contribution < 1.29 is 13.5 Å². The van der Waals surface area contributed by atoms with Crippen molar-refractivity contribution in [2.24, 2.45) is 11.8 Å². The van der Waals surface area contributed by atoms with Gasteiger partial charge < -0.3 is 10.4 Å². The number of β-amino-alcohol motifs (C(OH)–C–C–N with tert-alkyl or cyclic N) is 1. The highest BCUT2D eigenvalue weighted by atomic mass is 32.2. The minimum atomic E-state index is -2.78. The largest absolute Gasteiger partial charge is 0.389 e. The molecule has 0 aromatic carbocycles. The van der Waals surface area contributed by atoms with Crippen LogP contribution in [0.15, 0.2) is 0 Å². The molecule has 2 aliphatic rings. The maximum Gasteiger partial charge on any atom is 0.150 e. The van der Waals surface area contributed by atoms with Gasteiger partial charge in [0.25, 0.3) is 0 Å². The molecule has 0 radical (unpaired) electrons. The van der Waals surface area contributed by atoms with E-state index in [0.29, 0.717) is 36.8 Å². The van der Waals surface area contributed by atoms with Crippen molar-refractivity contribution in [2.75, 3.05) is 24.6 Å². The molecule has 2 unspecified atom stereocenters. The van der Waals surface area contributed by atoms with Gasteiger partial charge in [0, 0.05) is 19.0 Å². The molecule has 0 aliphatic carbocycles. The van der Waals surface area contributed by atoms with Gasteiger partial charge in [0.15, 0.2) is 0 Å². The molecule has 0 bridgehead atoms. The van der Waals surface area contributed by atoms with E-state index in [-0.39, 0.29) is 5.92 Å². The van der Waals surface area contributed by atoms with Crippen molar-refractivity contribution in [1.29, 1.82) is 0 Å². The highest BCUT2D eigenvalue weighted by molar-refractivity contribution is 7.91. The Balaban J connectivity index is 2.02. The molecular formula is C10H19NO3S. The molecule has 88 valence electrons. The van der Waals surface area contributed by atoms with E-state index in [2.05, 4.69) is 5.32 Å². The molecular weight excluding hydrogens is 214 g/mol. The van der Waals surface area contributed by atoms with E-state index >= 15 is 0 Å². The lowest BCUT2D eigenvalue weighted by molar-refractivity contribution is 0.00892. The zero-order chi connectivity index (χ0) is 11.1. The molecule has 2 N–H and O–H groups in total. The van der Waals surface area contributed by atoms with Gasteiger partial charge in [-0.2, -0.15) is 0 Å². The van der Waals surface area contributed by atoms with Gasteiger partial charge in [0.05, 0.1) is 17.1 Å². The van der Waals surface area contributed by atoms with Gasteiger partial charge in [-0.1, -0.05) is 0 Å². The molecule has 2 saturated heterocycles. The van der Waals surface area contributed by atoms with E-state index in [1.165, 1.54) is 0 Å². The molecule has 0 aromatic rings. The van der Waals surface area contributed by atoms with E-state index in [4.69, 9.17) is 0 Å². The van der Waals surface area contributed by atoms with Crippen LogP contribution in [0.3, 0.4) is 0 Å². The predicted octanol–water partition coefficient (Wildman–Crippen LogP) is -0.218. The Morgan fingerprint density at radius 3 is 2.40 bits per heavy atom. The number of aliphatic hydroxyl groups is 1. The first kappa shape index (κ1) is 11.4. The Morgan fingerprint density at radius 1 is 1.33 bits per heavy atom. The summed E-state index contributed by atoms with van der Waals surface area (Å²) in [6.45, 7) is 3.29. The third-order valence-electron chi connectivity index (χ3n) is 3.81. The first-order chi connectivity index (χ1) is 6.91. The fourth-order valence-electron chi connectivity index (χ4n) is 2.82. The lowest BCUT2D eigenvalue weighted by atomic mass is 9.79. The lowest BCUT2D eigenvalue weighted by Gasteiger charge is -2.34. The second-order valence-corrected chi connectivity index (χ2v) is 7.39. The number of hydrogen-bond donors (Lipinski definition) is 2. The summed E-state index contributed by atoms with van der Waals surface area (Å²) in [7, 11) is -2.78. The molecule has 15 heavy (non-hydrogen) atoms. The minimum absolute atomic E-state index is 0.216. The zero-order valence-electron chi connectivity index (χ0n) is 9.07. The molecule has 2 atom stereocenters. The average molecular weight is 233 g/mol. The van der Waals surface area contributed by atoms with Gasteiger partial charge in [-0.3, -0.25) is 0 Å². The molecule has 0 spiro atoms. The van der Waals surface area contributed by atoms with Crippen LogP contribution in [0.1, 0.15) is 19.8 Å². The number of nitrogens with one attached hydrogen (secondary N) is 1. The van der Waals surface area contributed by atoms with Gasteiger partial charge in [0.1, 0.15) is 9.84 Å². The van der Waals surface area contributed by atoms with Crippen molar-refractivity contribution in [3.63, 3.8) is 0 Å². The van der Waals surface area contributed by atoms with E-state index in [9.17, 15) is 13.5 Å². The Hall–Kier alpha value is -0.130. The van der Waals surface area contributed by atoms with Gasteiger partial charge in [-0.15, -0.1) is 0 Å². The van der Waals surface area contributed by atoms with Crippen molar-refractivity contribution in [3.05, 3.63) is 0 Å². The van der Waals surface area contributed by atoms with Crippen LogP contribution in [0.5, 0.6) is 0 Å². The number of rotatable bonds is 1. The summed E-state index contributed by atoms with van der Waals surface area (Å²) in [6, 6.07) is 0. The van der Waals surface area contributed by atoms with Crippen LogP contribution in [-0.4, -0.2) is 43.7 Å². The van der Waals surface area contributed by atoms with Crippen LogP contribution in [0, 0.1) is 11.8 Å². The first-order valence-electron chi connectivity index (χ1n) is 5.54. The molecule has 5 heteroatoms. The number of sulfone groups is 1. The van der Waals surface area contributed by atoms with Gasteiger partial charge in [-0.05, 0) is 25.7 Å². The molecule has 4 nitrogen and oxygen atoms in total. The summed E-state index contributed by atoms with van der Waals surface area (Å²) in [4.78, 5) is 0. The monoisotopic (exact) mass is 233 g/mol. The standard InChI is InChI=1S/C10H19NO3S/c1-10(12)7-11-6-9(10)8-2-4-15(13,14)5-3-8/h8-9,11-12H,2-7H2,1H3. The Morgan fingerprint density at radius 2 is 1.93 bits per heavy atom. The average Bonchev–Trinajstić information content (AvgIpc) is 2.46. The summed E-state index contributed by atoms with van der Waals surface area (Å²) in [5, 5.41) is 13.3. The predicted molar refractivity (Wildman–Crippen MR) is 58.4 cm³/mol. The zero-order valence-corrected chi connectivity index (χ0v) is 9.89. The fraction of sp³-hybridized carbons (Fsp3) is 1.00. The van der Waals surface area contributed by atoms with Crippen molar-refractivity contribution in [3.8, 4) is 0 Å². The van der Waals surface area contributed by atoms with Crippen LogP contribution in [0.4, 0.5) is 0 Å². The van der Waals surface area contributed by atoms with Crippen molar-refractivity contribution in [2.45, 2.75) is 25.4 Å². The molecule has 0 aromatic heterocycles. The quantitative estimate of drug-likeness (QED) is 0.657. The van der Waals surface area contributed by atoms with Gasteiger partial charge in [0.2, 0.25) is 0 Å². The minimum Gasteiger partial charge on any atom is -0.389 e. The number of hydrogen-bond acceptors (Lipinski definition) is 4.